The van der Waals surface area contributed by atoms with Crippen LogP contribution < -0.4 is 4.74 Å². The fourth-order valence-corrected chi connectivity index (χ4v) is 2.54. The molecular formula is C14H18N2O. The first-order valence-corrected chi connectivity index (χ1v) is 6.36. The Bertz CT molecular complexity index is 479. The average molecular weight is 230 g/mol. The van der Waals surface area contributed by atoms with Crippen molar-refractivity contribution in [2.24, 2.45) is 4.99 Å². The third-order valence-electron chi connectivity index (χ3n) is 3.59. The molecule has 0 amide bonds. The maximum atomic E-state index is 5.93. The highest BCUT2D eigenvalue weighted by Crippen LogP contribution is 2.42. The van der Waals surface area contributed by atoms with E-state index in [4.69, 9.17) is 9.73 Å². The van der Waals surface area contributed by atoms with E-state index in [2.05, 4.69) is 37.9 Å². The van der Waals surface area contributed by atoms with E-state index in [1.54, 1.807) is 0 Å². The monoisotopic (exact) mass is 230 g/mol. The Hall–Kier alpha value is -1.38. The van der Waals surface area contributed by atoms with Crippen LogP contribution in [0.2, 0.25) is 0 Å². The summed E-state index contributed by atoms with van der Waals surface area (Å²) < 4.78 is 5.93. The number of nitrogens with zero attached hydrogens (tertiary/aromatic N) is 2. The Kier molecular flexibility index (Phi) is 2.42. The minimum atomic E-state index is 0.187. The first-order chi connectivity index (χ1) is 8.15. The lowest BCUT2D eigenvalue weighted by atomic mass is 9.97. The van der Waals surface area contributed by atoms with Crippen molar-refractivity contribution in [1.82, 2.24) is 4.98 Å². The zero-order chi connectivity index (χ0) is 12.0. The topological polar surface area (TPSA) is 34.5 Å². The molecule has 2 aliphatic rings. The van der Waals surface area contributed by atoms with Crippen LogP contribution in [0.4, 0.5) is 0 Å². The average Bonchev–Trinajstić information content (AvgIpc) is 2.66. The standard InChI is InChI=1S/C14H18N2O/c1-8(2)11-6-5-10-13-12(17-14(10)16-11)7-4-9(3)15-13/h5-6,8,12-13H,4,7H2,1-3H3/t12-,13-/m0/s1. The molecule has 0 bridgehead atoms. The smallest absolute Gasteiger partial charge is 0.219 e. The van der Waals surface area contributed by atoms with E-state index in [0.29, 0.717) is 5.92 Å². The summed E-state index contributed by atoms with van der Waals surface area (Å²) in [6.07, 6.45) is 2.32. The van der Waals surface area contributed by atoms with E-state index < -0.39 is 0 Å². The Labute approximate surface area is 102 Å². The van der Waals surface area contributed by atoms with Gasteiger partial charge in [0.25, 0.3) is 0 Å². The summed E-state index contributed by atoms with van der Waals surface area (Å²) in [5.41, 5.74) is 3.50. The van der Waals surface area contributed by atoms with Crippen LogP contribution in [0.15, 0.2) is 17.1 Å². The molecule has 0 saturated heterocycles. The summed E-state index contributed by atoms with van der Waals surface area (Å²) in [6.45, 7) is 6.40. The van der Waals surface area contributed by atoms with Crippen molar-refractivity contribution in [2.45, 2.75) is 51.7 Å². The van der Waals surface area contributed by atoms with E-state index in [1.807, 2.05) is 0 Å². The largest absolute Gasteiger partial charge is 0.471 e. The molecule has 0 aromatic carbocycles. The minimum absolute atomic E-state index is 0.187. The lowest BCUT2D eigenvalue weighted by Crippen LogP contribution is -2.23. The second-order valence-corrected chi connectivity index (χ2v) is 5.29. The minimum Gasteiger partial charge on any atom is -0.471 e. The van der Waals surface area contributed by atoms with Crippen LogP contribution >= 0.6 is 0 Å². The van der Waals surface area contributed by atoms with Crippen molar-refractivity contribution < 1.29 is 4.74 Å². The van der Waals surface area contributed by atoms with E-state index >= 15 is 0 Å². The van der Waals surface area contributed by atoms with Crippen LogP contribution in [0.25, 0.3) is 0 Å². The first-order valence-electron chi connectivity index (χ1n) is 6.36. The zero-order valence-electron chi connectivity index (χ0n) is 10.6. The normalized spacial score (nSPS) is 26.2. The fourth-order valence-electron chi connectivity index (χ4n) is 2.54. The summed E-state index contributed by atoms with van der Waals surface area (Å²) in [5.74, 6) is 1.25. The van der Waals surface area contributed by atoms with Gasteiger partial charge in [-0.05, 0) is 37.8 Å². The first kappa shape index (κ1) is 10.8. The molecule has 3 nitrogen and oxygen atoms in total. The van der Waals surface area contributed by atoms with Crippen LogP contribution in [-0.4, -0.2) is 16.8 Å². The number of aromatic nitrogens is 1. The number of hydrogen-bond donors (Lipinski definition) is 0. The molecule has 0 radical (unpaired) electrons. The molecule has 0 spiro atoms. The highest BCUT2D eigenvalue weighted by atomic mass is 16.5. The Balaban J connectivity index is 2.00. The molecule has 1 aromatic heterocycles. The number of rotatable bonds is 1. The van der Waals surface area contributed by atoms with Crippen molar-refractivity contribution in [3.8, 4) is 5.88 Å². The van der Waals surface area contributed by atoms with Crippen molar-refractivity contribution >= 4 is 5.71 Å². The van der Waals surface area contributed by atoms with Gasteiger partial charge in [0.2, 0.25) is 5.88 Å². The number of hydrogen-bond acceptors (Lipinski definition) is 3. The number of fused-ring (bicyclic) bond motifs is 3. The molecule has 0 N–H and O–H groups in total. The lowest BCUT2D eigenvalue weighted by Gasteiger charge is -2.20. The van der Waals surface area contributed by atoms with Gasteiger partial charge >= 0.3 is 0 Å². The molecule has 3 heteroatoms. The molecule has 1 aromatic rings. The predicted molar refractivity (Wildman–Crippen MR) is 67.8 cm³/mol. The third kappa shape index (κ3) is 1.74. The van der Waals surface area contributed by atoms with Gasteiger partial charge in [0.05, 0.1) is 0 Å². The summed E-state index contributed by atoms with van der Waals surface area (Å²) in [6, 6.07) is 4.44. The van der Waals surface area contributed by atoms with E-state index in [1.165, 1.54) is 11.3 Å². The predicted octanol–water partition coefficient (Wildman–Crippen LogP) is 3.26. The maximum absolute atomic E-state index is 5.93. The summed E-state index contributed by atoms with van der Waals surface area (Å²) in [7, 11) is 0. The van der Waals surface area contributed by atoms with E-state index in [0.717, 1.165) is 24.4 Å². The number of aliphatic imine (C=N–C) groups is 1. The molecule has 3 rings (SSSR count). The number of ether oxygens (including phenoxy) is 1. The molecule has 0 aliphatic carbocycles. The Morgan fingerprint density at radius 1 is 1.35 bits per heavy atom. The lowest BCUT2D eigenvalue weighted by molar-refractivity contribution is 0.187. The zero-order valence-corrected chi connectivity index (χ0v) is 10.6. The highest BCUT2D eigenvalue weighted by molar-refractivity contribution is 5.83. The summed E-state index contributed by atoms with van der Waals surface area (Å²) in [5, 5.41) is 0. The fraction of sp³-hybridized carbons (Fsp3) is 0.571. The van der Waals surface area contributed by atoms with Crippen LogP contribution in [-0.2, 0) is 0 Å². The van der Waals surface area contributed by atoms with Crippen LogP contribution in [0.5, 0.6) is 5.88 Å². The van der Waals surface area contributed by atoms with Crippen molar-refractivity contribution in [3.05, 3.63) is 23.4 Å². The van der Waals surface area contributed by atoms with Gasteiger partial charge in [-0.3, -0.25) is 4.99 Å². The van der Waals surface area contributed by atoms with Gasteiger partial charge in [-0.25, -0.2) is 4.98 Å². The molecule has 2 aliphatic heterocycles. The van der Waals surface area contributed by atoms with Crippen LogP contribution in [0.3, 0.4) is 0 Å². The molecule has 3 heterocycles. The van der Waals surface area contributed by atoms with Crippen molar-refractivity contribution in [1.29, 1.82) is 0 Å². The van der Waals surface area contributed by atoms with Gasteiger partial charge in [0.15, 0.2) is 0 Å². The summed E-state index contributed by atoms with van der Waals surface area (Å²) in [4.78, 5) is 9.32. The summed E-state index contributed by atoms with van der Waals surface area (Å²) >= 11 is 0. The van der Waals surface area contributed by atoms with Crippen LogP contribution in [0.1, 0.15) is 56.8 Å². The molecule has 0 saturated carbocycles. The van der Waals surface area contributed by atoms with Crippen LogP contribution in [0, 0.1) is 0 Å². The quantitative estimate of drug-likeness (QED) is 0.742. The van der Waals surface area contributed by atoms with Gasteiger partial charge in [-0.15, -0.1) is 0 Å². The Morgan fingerprint density at radius 3 is 2.94 bits per heavy atom. The van der Waals surface area contributed by atoms with Gasteiger partial charge < -0.3 is 4.74 Å². The molecule has 0 unspecified atom stereocenters. The highest BCUT2D eigenvalue weighted by Gasteiger charge is 2.37. The molecule has 2 atom stereocenters. The van der Waals surface area contributed by atoms with E-state index in [-0.39, 0.29) is 12.1 Å². The van der Waals surface area contributed by atoms with Gasteiger partial charge in [-0.1, -0.05) is 13.8 Å². The van der Waals surface area contributed by atoms with Gasteiger partial charge in [-0.2, -0.15) is 0 Å². The van der Waals surface area contributed by atoms with E-state index in [9.17, 15) is 0 Å². The molecule has 17 heavy (non-hydrogen) atoms. The Morgan fingerprint density at radius 2 is 2.18 bits per heavy atom. The van der Waals surface area contributed by atoms with Crippen molar-refractivity contribution in [2.75, 3.05) is 0 Å². The second-order valence-electron chi connectivity index (χ2n) is 5.29. The van der Waals surface area contributed by atoms with Gasteiger partial charge in [0, 0.05) is 17.0 Å². The van der Waals surface area contributed by atoms with Gasteiger partial charge in [0.1, 0.15) is 12.1 Å². The molecular weight excluding hydrogens is 212 g/mol. The SMILES string of the molecule is CC1=N[C@H]2c3ccc(C(C)C)nc3O[C@H]2CC1. The second kappa shape index (κ2) is 3.83. The molecule has 90 valence electrons. The number of pyridine rings is 1. The van der Waals surface area contributed by atoms with Crippen molar-refractivity contribution in [3.63, 3.8) is 0 Å². The third-order valence-corrected chi connectivity index (χ3v) is 3.59. The molecule has 0 fully saturated rings. The maximum Gasteiger partial charge on any atom is 0.219 e.